The Labute approximate surface area is 308 Å². The van der Waals surface area contributed by atoms with Crippen LogP contribution in [0.2, 0.25) is 0 Å². The molecule has 0 aliphatic carbocycles. The predicted molar refractivity (Wildman–Crippen MR) is 201 cm³/mol. The van der Waals surface area contributed by atoms with Gasteiger partial charge < -0.3 is 31.6 Å². The standard InChI is InChI=1S/C40H56N3O4S.CH4.ClH/c1-5-7-19-40(20-8-6-2)30-48(45,46)37-18-15-34(41(3)4)27-36(37)38(39(40)44)33-13-16-35(17-14-33)47-29-32-11-9-31(10-12-32)28-43-24-21-42(22-25-43)23-26-43;;/h9-18,27,38-39,44H,5-8,19-26,28-30H2,1-4H3;1H4;1H/q+1;;/p-1/t38-,39-;;/m1../s1. The molecular weight excluding hydrogens is 666 g/mol. The topological polar surface area (TPSA) is 70.1 Å². The second-order valence-electron chi connectivity index (χ2n) is 15.1. The molecule has 0 spiro atoms. The zero-order chi connectivity index (χ0) is 33.9. The third kappa shape index (κ3) is 8.53. The average molecular weight is 726 g/mol. The van der Waals surface area contributed by atoms with E-state index in [0.29, 0.717) is 29.9 Å². The van der Waals surface area contributed by atoms with Crippen molar-refractivity contribution in [3.8, 4) is 5.75 Å². The first-order chi connectivity index (χ1) is 23.1. The van der Waals surface area contributed by atoms with Gasteiger partial charge in [-0.15, -0.1) is 0 Å². The summed E-state index contributed by atoms with van der Waals surface area (Å²) in [7, 11) is 0.290. The van der Waals surface area contributed by atoms with Crippen molar-refractivity contribution in [1.29, 1.82) is 0 Å². The number of rotatable bonds is 13. The molecule has 7 rings (SSSR count). The first-order valence-electron chi connectivity index (χ1n) is 18.2. The highest BCUT2D eigenvalue weighted by atomic mass is 35.5. The molecule has 4 heterocycles. The zero-order valence-corrected chi connectivity index (χ0v) is 31.5. The quantitative estimate of drug-likeness (QED) is 0.266. The number of unbranched alkanes of at least 4 members (excludes halogenated alkanes) is 2. The van der Waals surface area contributed by atoms with Crippen molar-refractivity contribution in [2.45, 2.75) is 89.9 Å². The number of aliphatic hydroxyl groups is 1. The van der Waals surface area contributed by atoms with Gasteiger partial charge in [-0.3, -0.25) is 4.90 Å². The number of fused-ring (bicyclic) bond motifs is 4. The van der Waals surface area contributed by atoms with E-state index in [9.17, 15) is 13.5 Å². The summed E-state index contributed by atoms with van der Waals surface area (Å²) >= 11 is 0. The largest absolute Gasteiger partial charge is 1.00 e. The van der Waals surface area contributed by atoms with Crippen molar-refractivity contribution in [2.24, 2.45) is 5.41 Å². The molecule has 3 fully saturated rings. The fourth-order valence-corrected chi connectivity index (χ4v) is 10.6. The van der Waals surface area contributed by atoms with Crippen LogP contribution in [0.1, 0.15) is 88.0 Å². The van der Waals surface area contributed by atoms with Crippen molar-refractivity contribution in [2.75, 3.05) is 64.0 Å². The van der Waals surface area contributed by atoms with E-state index in [4.69, 9.17) is 4.74 Å². The Morgan fingerprint density at radius 3 is 2.02 bits per heavy atom. The van der Waals surface area contributed by atoms with Crippen molar-refractivity contribution in [3.05, 3.63) is 89.0 Å². The molecule has 3 aromatic carbocycles. The predicted octanol–water partition coefficient (Wildman–Crippen LogP) is 4.26. The van der Waals surface area contributed by atoms with E-state index in [2.05, 4.69) is 43.0 Å². The molecule has 276 valence electrons. The summed E-state index contributed by atoms with van der Waals surface area (Å²) in [6.07, 6.45) is 4.21. The third-order valence-electron chi connectivity index (χ3n) is 11.5. The summed E-state index contributed by atoms with van der Waals surface area (Å²) in [5.74, 6) is 0.264. The van der Waals surface area contributed by atoms with Crippen molar-refractivity contribution in [1.82, 2.24) is 4.90 Å². The average Bonchev–Trinajstić information content (AvgIpc) is 3.17. The number of nitrogens with zero attached hydrogens (tertiary/aromatic N) is 3. The van der Waals surface area contributed by atoms with E-state index < -0.39 is 27.3 Å². The van der Waals surface area contributed by atoms with Crippen LogP contribution >= 0.6 is 0 Å². The number of ether oxygens (including phenoxy) is 1. The monoisotopic (exact) mass is 725 g/mol. The first kappa shape index (κ1) is 40.2. The summed E-state index contributed by atoms with van der Waals surface area (Å²) in [5.41, 5.74) is 4.34. The molecule has 4 aliphatic heterocycles. The summed E-state index contributed by atoms with van der Waals surface area (Å²) in [5, 5.41) is 12.4. The number of anilines is 1. The summed E-state index contributed by atoms with van der Waals surface area (Å²) < 4.78 is 35.7. The maximum absolute atomic E-state index is 14.1. The molecule has 4 aliphatic rings. The molecule has 0 unspecified atom stereocenters. The Morgan fingerprint density at radius 1 is 0.880 bits per heavy atom. The second kappa shape index (κ2) is 16.8. The fourth-order valence-electron chi connectivity index (χ4n) is 8.43. The van der Waals surface area contributed by atoms with E-state index in [1.807, 2.05) is 55.4 Å². The third-order valence-corrected chi connectivity index (χ3v) is 13.5. The number of piperazine rings is 3. The van der Waals surface area contributed by atoms with Gasteiger partial charge in [0.25, 0.3) is 0 Å². The second-order valence-corrected chi connectivity index (χ2v) is 17.0. The van der Waals surface area contributed by atoms with E-state index in [1.165, 1.54) is 49.3 Å². The van der Waals surface area contributed by atoms with Gasteiger partial charge in [0, 0.05) is 56.3 Å². The summed E-state index contributed by atoms with van der Waals surface area (Å²) in [6, 6.07) is 22.5. The molecule has 9 heteroatoms. The SMILES string of the molecule is C.CCCCC1(CCCC)CS(=O)(=O)c2ccc(N(C)C)cc2[C@@H](c2ccc(OCc3ccc(C[N+]45CCN(CC4)CC5)cc3)cc2)[C@H]1O.[Cl-]. The minimum Gasteiger partial charge on any atom is -1.00 e. The normalized spacial score (nSPS) is 24.6. The Kier molecular flexibility index (Phi) is 13.5. The van der Waals surface area contributed by atoms with Crippen molar-refractivity contribution in [3.63, 3.8) is 0 Å². The lowest BCUT2D eigenvalue weighted by Gasteiger charge is -2.50. The van der Waals surface area contributed by atoms with Gasteiger partial charge in [0.1, 0.15) is 18.9 Å². The fraction of sp³-hybridized carbons (Fsp3) is 0.561. The van der Waals surface area contributed by atoms with E-state index in [0.717, 1.165) is 54.8 Å². The minimum absolute atomic E-state index is 0. The van der Waals surface area contributed by atoms with Gasteiger partial charge in [-0.05, 0) is 59.9 Å². The lowest BCUT2D eigenvalue weighted by Crippen LogP contribution is -3.00. The Bertz CT molecular complexity index is 1620. The van der Waals surface area contributed by atoms with Crippen LogP contribution in [0.4, 0.5) is 5.69 Å². The molecule has 3 aromatic rings. The highest BCUT2D eigenvalue weighted by molar-refractivity contribution is 7.91. The maximum atomic E-state index is 14.1. The van der Waals surface area contributed by atoms with Crippen LogP contribution in [0.25, 0.3) is 0 Å². The number of halogens is 1. The number of aliphatic hydroxyl groups excluding tert-OH is 1. The van der Waals surface area contributed by atoms with E-state index >= 15 is 0 Å². The van der Waals surface area contributed by atoms with Gasteiger partial charge in [-0.1, -0.05) is 83.4 Å². The van der Waals surface area contributed by atoms with Gasteiger partial charge in [0.15, 0.2) is 9.84 Å². The lowest BCUT2D eigenvalue weighted by molar-refractivity contribution is -0.953. The number of quaternary nitrogens is 1. The van der Waals surface area contributed by atoms with Crippen molar-refractivity contribution >= 4 is 15.5 Å². The van der Waals surface area contributed by atoms with Crippen molar-refractivity contribution < 1.29 is 35.2 Å². The Balaban J connectivity index is 0.00000281. The Morgan fingerprint density at radius 2 is 1.46 bits per heavy atom. The number of hydrogen-bond donors (Lipinski definition) is 1. The van der Waals surface area contributed by atoms with Gasteiger partial charge in [0.05, 0.1) is 36.4 Å². The highest BCUT2D eigenvalue weighted by Crippen LogP contribution is 2.50. The Hall–Kier alpha value is -2.62. The first-order valence-corrected chi connectivity index (χ1v) is 19.8. The van der Waals surface area contributed by atoms with E-state index in [-0.39, 0.29) is 25.6 Å². The van der Waals surface area contributed by atoms with Gasteiger partial charge in [0.2, 0.25) is 0 Å². The van der Waals surface area contributed by atoms with Gasteiger partial charge >= 0.3 is 0 Å². The summed E-state index contributed by atoms with van der Waals surface area (Å²) in [6.45, 7) is 13.3. The minimum atomic E-state index is -3.63. The number of sulfone groups is 1. The van der Waals surface area contributed by atoms with Crippen LogP contribution in [0, 0.1) is 5.41 Å². The van der Waals surface area contributed by atoms with Crippen LogP contribution in [-0.4, -0.2) is 88.1 Å². The summed E-state index contributed by atoms with van der Waals surface area (Å²) in [4.78, 5) is 4.93. The van der Waals surface area contributed by atoms with Gasteiger partial charge in [-0.2, -0.15) is 0 Å². The van der Waals surface area contributed by atoms with Gasteiger partial charge in [-0.25, -0.2) is 8.42 Å². The molecule has 7 nitrogen and oxygen atoms in total. The molecule has 0 radical (unpaired) electrons. The van der Waals surface area contributed by atoms with Crippen LogP contribution in [0.5, 0.6) is 5.75 Å². The molecule has 0 aromatic heterocycles. The van der Waals surface area contributed by atoms with Crippen LogP contribution in [0.3, 0.4) is 0 Å². The molecule has 2 atom stereocenters. The smallest absolute Gasteiger partial charge is 0.179 e. The molecule has 50 heavy (non-hydrogen) atoms. The highest BCUT2D eigenvalue weighted by Gasteiger charge is 2.49. The molecular formula is C41H60ClN3O4S. The van der Waals surface area contributed by atoms with E-state index in [1.54, 1.807) is 6.07 Å². The number of benzene rings is 3. The zero-order valence-electron chi connectivity index (χ0n) is 29.9. The number of hydrogen-bond acceptors (Lipinski definition) is 6. The van der Waals surface area contributed by atoms with Crippen LogP contribution in [0.15, 0.2) is 71.6 Å². The molecule has 1 N–H and O–H groups in total. The molecule has 0 saturated carbocycles. The molecule has 0 amide bonds. The lowest BCUT2D eigenvalue weighted by atomic mass is 9.68. The maximum Gasteiger partial charge on any atom is 0.179 e. The molecule has 3 saturated heterocycles. The molecule has 2 bridgehead atoms. The van der Waals surface area contributed by atoms with Crippen LogP contribution in [-0.2, 0) is 23.0 Å². The van der Waals surface area contributed by atoms with Crippen LogP contribution < -0.4 is 22.0 Å².